The maximum absolute atomic E-state index is 14.5. The van der Waals surface area contributed by atoms with Gasteiger partial charge in [-0.2, -0.15) is 4.98 Å². The summed E-state index contributed by atoms with van der Waals surface area (Å²) in [6.07, 6.45) is 1.14. The molecule has 0 aliphatic heterocycles. The second-order valence-electron chi connectivity index (χ2n) is 11.3. The number of aryl methyl sites for hydroxylation is 4. The van der Waals surface area contributed by atoms with E-state index >= 15 is 0 Å². The molecule has 41 heavy (non-hydrogen) atoms. The van der Waals surface area contributed by atoms with Crippen molar-refractivity contribution in [1.82, 2.24) is 19.3 Å². The van der Waals surface area contributed by atoms with Crippen molar-refractivity contribution in [2.45, 2.75) is 84.9 Å². The molecule has 0 unspecified atom stereocenters. The highest BCUT2D eigenvalue weighted by atomic mass is 35.5. The van der Waals surface area contributed by atoms with E-state index in [1.807, 2.05) is 32.0 Å². The molecule has 0 saturated carbocycles. The summed E-state index contributed by atoms with van der Waals surface area (Å²) in [5.41, 5.74) is 2.73. The molecule has 1 amide bonds. The Labute approximate surface area is 245 Å². The molecule has 12 heteroatoms. The normalized spacial score (nSPS) is 12.9. The summed E-state index contributed by atoms with van der Waals surface area (Å²) in [5.74, 6) is 1.04. The van der Waals surface area contributed by atoms with Crippen molar-refractivity contribution in [3.63, 3.8) is 0 Å². The Morgan fingerprint density at radius 3 is 2.39 bits per heavy atom. The quantitative estimate of drug-likeness (QED) is 0.228. The van der Waals surface area contributed by atoms with E-state index in [1.165, 1.54) is 3.97 Å². The number of benzene rings is 1. The molecule has 3 heterocycles. The Morgan fingerprint density at radius 2 is 1.80 bits per heavy atom. The second kappa shape index (κ2) is 11.4. The number of rotatable bonds is 8. The van der Waals surface area contributed by atoms with Crippen LogP contribution in [-0.2, 0) is 27.7 Å². The number of fused-ring (bicyclic) bond motifs is 1. The molecule has 2 N–H and O–H groups in total. The zero-order valence-corrected chi connectivity index (χ0v) is 26.1. The molecular weight excluding hydrogens is 566 g/mol. The number of halogens is 1. The summed E-state index contributed by atoms with van der Waals surface area (Å²) in [6.45, 7) is 14.7. The van der Waals surface area contributed by atoms with Gasteiger partial charge in [-0.25, -0.2) is 22.2 Å². The molecule has 3 aromatic heterocycles. The average molecular weight is 602 g/mol. The highest BCUT2D eigenvalue weighted by Gasteiger charge is 2.32. The first-order chi connectivity index (χ1) is 19.1. The van der Waals surface area contributed by atoms with E-state index in [4.69, 9.17) is 20.8 Å². The fourth-order valence-corrected chi connectivity index (χ4v) is 7.20. The zero-order chi connectivity index (χ0) is 30.3. The number of hydrogen-bond acceptors (Lipinski definition) is 8. The number of hydrogen-bond donors (Lipinski definition) is 2. The van der Waals surface area contributed by atoms with Crippen molar-refractivity contribution in [2.75, 3.05) is 5.32 Å². The summed E-state index contributed by atoms with van der Waals surface area (Å²) in [4.78, 5) is 21.5. The lowest BCUT2D eigenvalue weighted by molar-refractivity contribution is 0.0508. The molecule has 220 valence electrons. The fraction of sp³-hybridized carbons (Fsp3) is 0.414. The number of carbonyl (C=O) groups is 1. The molecule has 1 aromatic carbocycles. The van der Waals surface area contributed by atoms with Gasteiger partial charge in [-0.15, -0.1) is 0 Å². The van der Waals surface area contributed by atoms with E-state index in [0.717, 1.165) is 5.56 Å². The topological polar surface area (TPSA) is 128 Å². The summed E-state index contributed by atoms with van der Waals surface area (Å²) in [7, 11) is -4.17. The summed E-state index contributed by atoms with van der Waals surface area (Å²) < 4.78 is 41.1. The van der Waals surface area contributed by atoms with Crippen molar-refractivity contribution in [3.8, 4) is 0 Å². The van der Waals surface area contributed by atoms with Crippen molar-refractivity contribution in [1.29, 1.82) is 0 Å². The minimum atomic E-state index is -4.17. The van der Waals surface area contributed by atoms with Crippen LogP contribution in [0.25, 0.3) is 11.0 Å². The lowest BCUT2D eigenvalue weighted by Gasteiger charge is -2.22. The van der Waals surface area contributed by atoms with Crippen LogP contribution in [0.4, 0.5) is 10.6 Å². The molecule has 0 bridgehead atoms. The van der Waals surface area contributed by atoms with E-state index < -0.39 is 27.8 Å². The third-order valence-electron chi connectivity index (χ3n) is 6.48. The van der Waals surface area contributed by atoms with E-state index in [2.05, 4.69) is 20.6 Å². The van der Waals surface area contributed by atoms with E-state index in [-0.39, 0.29) is 22.2 Å². The van der Waals surface area contributed by atoms with Gasteiger partial charge in [0.05, 0.1) is 23.1 Å². The number of ether oxygens (including phenoxy) is 1. The minimum absolute atomic E-state index is 0.114. The van der Waals surface area contributed by atoms with Gasteiger partial charge in [-0.3, -0.25) is 0 Å². The highest BCUT2D eigenvalue weighted by Crippen LogP contribution is 2.36. The molecule has 0 fully saturated rings. The van der Waals surface area contributed by atoms with Crippen molar-refractivity contribution >= 4 is 44.6 Å². The Kier molecular flexibility index (Phi) is 8.42. The van der Waals surface area contributed by atoms with Gasteiger partial charge in [-0.05, 0) is 95.8 Å². The molecule has 0 aliphatic carbocycles. The standard InChI is InChI=1S/C29H36ClN5O5S/c1-16-12-17(2)24(18(3)13-16)41(37,38)35-22(14-19(4)32-28(36)40-29(6,7)8)20(5)23-25(33-27(30)34-26(23)35)31-15-21-10-9-11-39-21/h9-13,19H,14-15H2,1-8H3,(H,32,36)(H,31,33,34)/t19-/m0/s1. The van der Waals surface area contributed by atoms with E-state index in [9.17, 15) is 13.2 Å². The Morgan fingerprint density at radius 1 is 1.15 bits per heavy atom. The lowest BCUT2D eigenvalue weighted by Crippen LogP contribution is -2.39. The van der Waals surface area contributed by atoms with Gasteiger partial charge in [0.15, 0.2) is 5.65 Å². The first-order valence-corrected chi connectivity index (χ1v) is 15.1. The monoisotopic (exact) mass is 601 g/mol. The molecule has 1 atom stereocenters. The summed E-state index contributed by atoms with van der Waals surface area (Å²) >= 11 is 6.37. The number of furan rings is 1. The Balaban J connectivity index is 1.91. The number of nitrogens with one attached hydrogen (secondary N) is 2. The molecule has 0 radical (unpaired) electrons. The van der Waals surface area contributed by atoms with E-state index in [0.29, 0.717) is 45.9 Å². The Hall–Kier alpha value is -3.57. The Bertz CT molecular complexity index is 1680. The maximum Gasteiger partial charge on any atom is 0.407 e. The van der Waals surface area contributed by atoms with Gasteiger partial charge in [0.1, 0.15) is 17.2 Å². The summed E-state index contributed by atoms with van der Waals surface area (Å²) in [5, 5.41) is 6.43. The van der Waals surface area contributed by atoms with Gasteiger partial charge in [0, 0.05) is 18.2 Å². The van der Waals surface area contributed by atoms with Crippen molar-refractivity contribution < 1.29 is 22.4 Å². The van der Waals surface area contributed by atoms with Crippen molar-refractivity contribution in [2.24, 2.45) is 0 Å². The van der Waals surface area contributed by atoms with Gasteiger partial charge >= 0.3 is 6.09 Å². The smallest absolute Gasteiger partial charge is 0.407 e. The molecule has 0 spiro atoms. The minimum Gasteiger partial charge on any atom is -0.467 e. The van der Waals surface area contributed by atoms with Gasteiger partial charge in [0.25, 0.3) is 10.0 Å². The highest BCUT2D eigenvalue weighted by molar-refractivity contribution is 7.90. The first-order valence-electron chi connectivity index (χ1n) is 13.2. The number of alkyl carbamates (subject to hydrolysis) is 1. The molecule has 0 aliphatic rings. The average Bonchev–Trinajstić information content (AvgIpc) is 3.42. The van der Waals surface area contributed by atoms with Crippen LogP contribution >= 0.6 is 11.6 Å². The van der Waals surface area contributed by atoms with Crippen LogP contribution in [0.2, 0.25) is 5.28 Å². The lowest BCUT2D eigenvalue weighted by atomic mass is 10.1. The van der Waals surface area contributed by atoms with Crippen molar-refractivity contribution in [3.05, 3.63) is 69.5 Å². The fourth-order valence-electron chi connectivity index (χ4n) is 5.06. The number of amides is 1. The van der Waals surface area contributed by atoms with Crippen LogP contribution in [0.3, 0.4) is 0 Å². The number of nitrogens with zero attached hydrogens (tertiary/aromatic N) is 3. The maximum atomic E-state index is 14.5. The van der Waals surface area contributed by atoms with Crippen LogP contribution in [0.1, 0.15) is 61.4 Å². The molecule has 4 rings (SSSR count). The third kappa shape index (κ3) is 6.51. The SMILES string of the molecule is Cc1cc(C)c(S(=O)(=O)n2c(C[C@H](C)NC(=O)OC(C)(C)C)c(C)c3c(NCc4ccco4)nc(Cl)nc32)c(C)c1. The second-order valence-corrected chi connectivity index (χ2v) is 13.4. The predicted octanol–water partition coefficient (Wildman–Crippen LogP) is 6.22. The number of anilines is 1. The summed E-state index contributed by atoms with van der Waals surface area (Å²) in [6, 6.07) is 6.78. The molecule has 10 nitrogen and oxygen atoms in total. The van der Waals surface area contributed by atoms with Crippen LogP contribution in [0.15, 0.2) is 39.8 Å². The molecular formula is C29H36ClN5O5S. The number of carbonyl (C=O) groups excluding carboxylic acids is 1. The third-order valence-corrected chi connectivity index (χ3v) is 8.69. The van der Waals surface area contributed by atoms with Crippen LogP contribution < -0.4 is 10.6 Å². The van der Waals surface area contributed by atoms with Crippen LogP contribution in [0, 0.1) is 27.7 Å². The van der Waals surface area contributed by atoms with Gasteiger partial charge < -0.3 is 19.8 Å². The first kappa shape index (κ1) is 30.4. The zero-order valence-electron chi connectivity index (χ0n) is 24.5. The van der Waals surface area contributed by atoms with Crippen LogP contribution in [-0.4, -0.2) is 40.1 Å². The van der Waals surface area contributed by atoms with Gasteiger partial charge in [-0.1, -0.05) is 17.7 Å². The molecule has 0 saturated heterocycles. The largest absolute Gasteiger partial charge is 0.467 e. The van der Waals surface area contributed by atoms with Crippen LogP contribution in [0.5, 0.6) is 0 Å². The molecule has 4 aromatic rings. The van der Waals surface area contributed by atoms with Gasteiger partial charge in [0.2, 0.25) is 5.28 Å². The predicted molar refractivity (Wildman–Crippen MR) is 159 cm³/mol. The van der Waals surface area contributed by atoms with E-state index in [1.54, 1.807) is 53.9 Å². The number of aromatic nitrogens is 3.